The normalized spacial score (nSPS) is 10.8. The SMILES string of the molecule is Cc1cc(-c2[nH]nc(N)c2-c2ccccc2F)ccc1Br. The van der Waals surface area contributed by atoms with E-state index in [9.17, 15) is 4.39 Å². The predicted octanol–water partition coefficient (Wildman–Crippen LogP) is 4.54. The van der Waals surface area contributed by atoms with Crippen LogP contribution in [0.3, 0.4) is 0 Å². The zero-order valence-electron chi connectivity index (χ0n) is 11.3. The smallest absolute Gasteiger partial charge is 0.153 e. The van der Waals surface area contributed by atoms with E-state index >= 15 is 0 Å². The number of rotatable bonds is 2. The number of hydrogen-bond donors (Lipinski definition) is 2. The second-order valence-electron chi connectivity index (χ2n) is 4.80. The average Bonchev–Trinajstić information content (AvgIpc) is 2.84. The fraction of sp³-hybridized carbons (Fsp3) is 0.0625. The highest BCUT2D eigenvalue weighted by atomic mass is 79.9. The second-order valence-corrected chi connectivity index (χ2v) is 5.66. The minimum Gasteiger partial charge on any atom is -0.382 e. The van der Waals surface area contributed by atoms with Crippen LogP contribution in [0.1, 0.15) is 5.56 Å². The van der Waals surface area contributed by atoms with Crippen molar-refractivity contribution >= 4 is 21.7 Å². The van der Waals surface area contributed by atoms with Crippen LogP contribution in [-0.4, -0.2) is 10.2 Å². The van der Waals surface area contributed by atoms with Gasteiger partial charge in [0, 0.05) is 15.6 Å². The molecule has 0 spiro atoms. The Hall–Kier alpha value is -2.14. The predicted molar refractivity (Wildman–Crippen MR) is 86.3 cm³/mol. The lowest BCUT2D eigenvalue weighted by Gasteiger charge is -2.07. The molecule has 0 aliphatic carbocycles. The van der Waals surface area contributed by atoms with Crippen LogP contribution in [-0.2, 0) is 0 Å². The van der Waals surface area contributed by atoms with Crippen molar-refractivity contribution in [3.05, 3.63) is 58.3 Å². The number of benzene rings is 2. The molecule has 3 aromatic rings. The quantitative estimate of drug-likeness (QED) is 0.716. The van der Waals surface area contributed by atoms with E-state index in [-0.39, 0.29) is 11.6 Å². The Kier molecular flexibility index (Phi) is 3.51. The van der Waals surface area contributed by atoms with E-state index in [1.807, 2.05) is 25.1 Å². The Bertz CT molecular complexity index is 811. The van der Waals surface area contributed by atoms with Gasteiger partial charge in [0.1, 0.15) is 5.82 Å². The Morgan fingerprint density at radius 2 is 1.95 bits per heavy atom. The maximum absolute atomic E-state index is 14.1. The fourth-order valence-electron chi connectivity index (χ4n) is 2.30. The molecule has 1 heterocycles. The molecular formula is C16H13BrFN3. The number of nitrogens with one attached hydrogen (secondary N) is 1. The maximum atomic E-state index is 14.1. The Balaban J connectivity index is 2.22. The Morgan fingerprint density at radius 3 is 2.67 bits per heavy atom. The number of nitrogens with zero attached hydrogens (tertiary/aromatic N) is 1. The zero-order chi connectivity index (χ0) is 15.0. The fourth-order valence-corrected chi connectivity index (χ4v) is 2.55. The molecule has 0 radical (unpaired) electrons. The number of aromatic amines is 1. The van der Waals surface area contributed by atoms with Crippen molar-refractivity contribution in [1.29, 1.82) is 0 Å². The Morgan fingerprint density at radius 1 is 1.19 bits per heavy atom. The molecule has 0 fully saturated rings. The van der Waals surface area contributed by atoms with Crippen LogP contribution in [0.25, 0.3) is 22.4 Å². The molecule has 0 saturated carbocycles. The summed E-state index contributed by atoms with van der Waals surface area (Å²) in [7, 11) is 0. The van der Waals surface area contributed by atoms with E-state index in [0.29, 0.717) is 16.8 Å². The topological polar surface area (TPSA) is 54.7 Å². The van der Waals surface area contributed by atoms with Gasteiger partial charge in [-0.15, -0.1) is 0 Å². The largest absolute Gasteiger partial charge is 0.382 e. The van der Waals surface area contributed by atoms with Gasteiger partial charge in [0.15, 0.2) is 5.82 Å². The van der Waals surface area contributed by atoms with Gasteiger partial charge in [0.25, 0.3) is 0 Å². The van der Waals surface area contributed by atoms with Gasteiger partial charge in [-0.1, -0.05) is 40.2 Å². The van der Waals surface area contributed by atoms with E-state index in [1.165, 1.54) is 6.07 Å². The van der Waals surface area contributed by atoms with Crippen molar-refractivity contribution in [1.82, 2.24) is 10.2 Å². The number of aromatic nitrogens is 2. The second kappa shape index (κ2) is 5.33. The monoisotopic (exact) mass is 345 g/mol. The van der Waals surface area contributed by atoms with E-state index in [0.717, 1.165) is 15.6 Å². The van der Waals surface area contributed by atoms with Crippen LogP contribution >= 0.6 is 15.9 Å². The molecule has 0 amide bonds. The molecule has 0 atom stereocenters. The van der Waals surface area contributed by atoms with Crippen LogP contribution < -0.4 is 5.73 Å². The van der Waals surface area contributed by atoms with Crippen molar-refractivity contribution in [3.63, 3.8) is 0 Å². The highest BCUT2D eigenvalue weighted by Gasteiger charge is 2.17. The van der Waals surface area contributed by atoms with Gasteiger partial charge < -0.3 is 5.73 Å². The summed E-state index contributed by atoms with van der Waals surface area (Å²) in [6, 6.07) is 12.4. The third-order valence-electron chi connectivity index (χ3n) is 3.38. The van der Waals surface area contributed by atoms with E-state index in [4.69, 9.17) is 5.73 Å². The maximum Gasteiger partial charge on any atom is 0.153 e. The van der Waals surface area contributed by atoms with E-state index in [1.54, 1.807) is 18.2 Å². The molecule has 106 valence electrons. The average molecular weight is 346 g/mol. The number of H-pyrrole nitrogens is 1. The molecule has 5 heteroatoms. The minimum atomic E-state index is -0.319. The van der Waals surface area contributed by atoms with Gasteiger partial charge in [0.05, 0.1) is 11.3 Å². The number of nitrogens with two attached hydrogens (primary N) is 1. The highest BCUT2D eigenvalue weighted by molar-refractivity contribution is 9.10. The van der Waals surface area contributed by atoms with Crippen molar-refractivity contribution in [2.75, 3.05) is 5.73 Å². The van der Waals surface area contributed by atoms with Crippen LogP contribution in [0.15, 0.2) is 46.9 Å². The Labute approximate surface area is 130 Å². The third-order valence-corrected chi connectivity index (χ3v) is 4.27. The lowest BCUT2D eigenvalue weighted by molar-refractivity contribution is 0.631. The molecule has 0 unspecified atom stereocenters. The summed E-state index contributed by atoms with van der Waals surface area (Å²) < 4.78 is 15.1. The molecule has 3 N–H and O–H groups in total. The minimum absolute atomic E-state index is 0.288. The summed E-state index contributed by atoms with van der Waals surface area (Å²) in [4.78, 5) is 0. The lowest BCUT2D eigenvalue weighted by Crippen LogP contribution is -1.91. The van der Waals surface area contributed by atoms with Gasteiger partial charge in [-0.3, -0.25) is 5.10 Å². The molecule has 0 aliphatic rings. The number of halogens is 2. The first kappa shape index (κ1) is 13.8. The van der Waals surface area contributed by atoms with Crippen molar-refractivity contribution < 1.29 is 4.39 Å². The highest BCUT2D eigenvalue weighted by Crippen LogP contribution is 2.36. The first-order chi connectivity index (χ1) is 10.1. The summed E-state index contributed by atoms with van der Waals surface area (Å²) in [6.45, 7) is 2.00. The number of aryl methyl sites for hydroxylation is 1. The molecule has 1 aromatic heterocycles. The third kappa shape index (κ3) is 2.45. The van der Waals surface area contributed by atoms with Gasteiger partial charge >= 0.3 is 0 Å². The van der Waals surface area contributed by atoms with Gasteiger partial charge in [-0.25, -0.2) is 4.39 Å². The molecule has 0 bridgehead atoms. The summed E-state index contributed by atoms with van der Waals surface area (Å²) >= 11 is 3.47. The first-order valence-corrected chi connectivity index (χ1v) is 7.22. The standard InChI is InChI=1S/C16H13BrFN3/c1-9-8-10(6-7-12(9)17)15-14(16(19)21-20-15)11-4-2-3-5-13(11)18/h2-8H,1H3,(H3,19,20,21). The molecule has 2 aromatic carbocycles. The molecule has 21 heavy (non-hydrogen) atoms. The summed E-state index contributed by atoms with van der Waals surface area (Å²) in [5.74, 6) is -0.0312. The molecular weight excluding hydrogens is 333 g/mol. The molecule has 3 rings (SSSR count). The van der Waals surface area contributed by atoms with Gasteiger partial charge in [0.2, 0.25) is 0 Å². The molecule has 0 saturated heterocycles. The van der Waals surface area contributed by atoms with Crippen LogP contribution in [0.2, 0.25) is 0 Å². The van der Waals surface area contributed by atoms with E-state index in [2.05, 4.69) is 26.1 Å². The van der Waals surface area contributed by atoms with Crippen molar-refractivity contribution in [2.24, 2.45) is 0 Å². The summed E-state index contributed by atoms with van der Waals surface area (Å²) in [5.41, 5.74) is 9.68. The van der Waals surface area contributed by atoms with Gasteiger partial charge in [-0.05, 0) is 30.7 Å². The van der Waals surface area contributed by atoms with Gasteiger partial charge in [-0.2, -0.15) is 5.10 Å². The zero-order valence-corrected chi connectivity index (χ0v) is 12.9. The number of hydrogen-bond acceptors (Lipinski definition) is 2. The van der Waals surface area contributed by atoms with Crippen LogP contribution in [0.5, 0.6) is 0 Å². The number of anilines is 1. The van der Waals surface area contributed by atoms with Crippen molar-refractivity contribution in [2.45, 2.75) is 6.92 Å². The van der Waals surface area contributed by atoms with Crippen LogP contribution in [0, 0.1) is 12.7 Å². The molecule has 3 nitrogen and oxygen atoms in total. The first-order valence-electron chi connectivity index (χ1n) is 6.43. The van der Waals surface area contributed by atoms with Crippen molar-refractivity contribution in [3.8, 4) is 22.4 Å². The molecule has 0 aliphatic heterocycles. The summed E-state index contributed by atoms with van der Waals surface area (Å²) in [6.07, 6.45) is 0. The lowest BCUT2D eigenvalue weighted by atomic mass is 9.99. The van der Waals surface area contributed by atoms with Crippen LogP contribution in [0.4, 0.5) is 10.2 Å². The van der Waals surface area contributed by atoms with E-state index < -0.39 is 0 Å². The summed E-state index contributed by atoms with van der Waals surface area (Å²) in [5, 5.41) is 6.94. The number of nitrogen functional groups attached to an aromatic ring is 1.